The van der Waals surface area contributed by atoms with Crippen LogP contribution < -0.4 is 5.32 Å². The first-order valence-corrected chi connectivity index (χ1v) is 18.3. The van der Waals surface area contributed by atoms with Crippen molar-refractivity contribution in [3.8, 4) is 0 Å². The molecule has 2 aromatic carbocycles. The van der Waals surface area contributed by atoms with Gasteiger partial charge in [-0.1, -0.05) is 88.7 Å². The van der Waals surface area contributed by atoms with Gasteiger partial charge in [0, 0.05) is 28.2 Å². The highest BCUT2D eigenvalue weighted by molar-refractivity contribution is 5.94. The van der Waals surface area contributed by atoms with Crippen LogP contribution in [0.3, 0.4) is 0 Å². The normalized spacial score (nSPS) is 37.6. The van der Waals surface area contributed by atoms with E-state index in [2.05, 4.69) is 5.32 Å². The summed E-state index contributed by atoms with van der Waals surface area (Å²) in [5.41, 5.74) is -3.15. The van der Waals surface area contributed by atoms with Crippen LogP contribution >= 0.6 is 0 Å². The Bertz CT molecular complexity index is 1640. The van der Waals surface area contributed by atoms with Crippen LogP contribution in [-0.4, -0.2) is 80.6 Å². The Morgan fingerprint density at radius 1 is 1.00 bits per heavy atom. The molecule has 9 unspecified atom stereocenters. The Balaban J connectivity index is 1.51. The minimum atomic E-state index is -1.61. The van der Waals surface area contributed by atoms with Crippen molar-refractivity contribution in [1.82, 2.24) is 5.32 Å². The molecule has 5 N–H and O–H groups in total. The number of carbonyl (C=O) groups is 2. The monoisotopic (exact) mass is 705 g/mol. The summed E-state index contributed by atoms with van der Waals surface area (Å²) < 4.78 is 12.4. The second-order valence-corrected chi connectivity index (χ2v) is 16.6. The highest BCUT2D eigenvalue weighted by Crippen LogP contribution is 2.66. The Kier molecular flexibility index (Phi) is 9.98. The number of hydrogen-bond donors (Lipinski definition) is 5. The molecule has 0 spiro atoms. The van der Waals surface area contributed by atoms with Crippen molar-refractivity contribution in [3.63, 3.8) is 0 Å². The number of Topliss-reactive ketones (excluding diaryl/α,β-unsaturated/α-hetero) is 1. The Morgan fingerprint density at radius 2 is 1.61 bits per heavy atom. The number of aliphatic hydroxyl groups is 3. The molecule has 10 heteroatoms. The zero-order valence-corrected chi connectivity index (χ0v) is 31.0. The van der Waals surface area contributed by atoms with Gasteiger partial charge in [0.15, 0.2) is 5.78 Å². The molecule has 2 saturated carbocycles. The van der Waals surface area contributed by atoms with E-state index in [1.165, 1.54) is 0 Å². The standard InChI is InChI=1S/C41H55NO9/c1-22(2)50-34(31(26-15-11-9-12-16-26)42-37(45)27-17-13-10-14-18-27)33(51-48)28-20-41(47)25(5)35-39(8,23(3)19-29-40(35,46)21-49-29)36(44)32(43)30(24(28)4)38(41,6)7/h9-18,22-23,25,28-29,31-35,43,46-48H,19-21H2,1-8H3,(H,42,45)/t23-,25?,28?,29?,31?,32?,33+,34?,35?,39+,40?,41?/m0/s1. The van der Waals surface area contributed by atoms with Gasteiger partial charge in [-0.2, -0.15) is 0 Å². The summed E-state index contributed by atoms with van der Waals surface area (Å²) >= 11 is 0. The van der Waals surface area contributed by atoms with Gasteiger partial charge in [0.05, 0.1) is 30.5 Å². The number of hydrogen-bond acceptors (Lipinski definition) is 9. The number of benzene rings is 2. The SMILES string of the molecule is CC1=C2C(O)C(=O)[C@@]3(C)C(C(C)C(O)(CC1[C@@H](OO)C(OC(C)C)C(NC(=O)c1ccccc1)c1ccccc1)C2(C)C)C1(O)COC1C[C@@H]3C. The van der Waals surface area contributed by atoms with Crippen LogP contribution in [0.15, 0.2) is 71.8 Å². The van der Waals surface area contributed by atoms with Crippen LogP contribution in [0.25, 0.3) is 0 Å². The van der Waals surface area contributed by atoms with E-state index >= 15 is 0 Å². The molecule has 10 nitrogen and oxygen atoms in total. The van der Waals surface area contributed by atoms with Gasteiger partial charge >= 0.3 is 0 Å². The van der Waals surface area contributed by atoms with E-state index in [0.717, 1.165) is 0 Å². The third kappa shape index (κ3) is 5.73. The lowest BCUT2D eigenvalue weighted by molar-refractivity contribution is -0.335. The maximum absolute atomic E-state index is 14.8. The summed E-state index contributed by atoms with van der Waals surface area (Å²) in [5.74, 6) is -3.18. The number of carbonyl (C=O) groups excluding carboxylic acids is 2. The first kappa shape index (κ1) is 37.8. The molecule has 1 aliphatic heterocycles. The van der Waals surface area contributed by atoms with Crippen molar-refractivity contribution in [2.24, 2.45) is 34.5 Å². The van der Waals surface area contributed by atoms with Crippen molar-refractivity contribution in [2.75, 3.05) is 6.61 Å². The summed E-state index contributed by atoms with van der Waals surface area (Å²) in [4.78, 5) is 33.9. The van der Waals surface area contributed by atoms with E-state index in [9.17, 15) is 30.2 Å². The van der Waals surface area contributed by atoms with E-state index < -0.39 is 76.0 Å². The minimum Gasteiger partial charge on any atom is -0.389 e. The highest BCUT2D eigenvalue weighted by Gasteiger charge is 2.73. The Labute approximate surface area is 301 Å². The molecule has 1 saturated heterocycles. The van der Waals surface area contributed by atoms with Crippen molar-refractivity contribution < 1.29 is 44.5 Å². The maximum Gasteiger partial charge on any atom is 0.251 e. The first-order valence-electron chi connectivity index (χ1n) is 18.3. The fraction of sp³-hybridized carbons (Fsp3) is 0.610. The lowest BCUT2D eigenvalue weighted by atomic mass is 9.41. The molecule has 3 aliphatic carbocycles. The quantitative estimate of drug-likeness (QED) is 0.133. The Morgan fingerprint density at radius 3 is 2.16 bits per heavy atom. The van der Waals surface area contributed by atoms with Crippen LogP contribution in [0.4, 0.5) is 0 Å². The molecule has 1 amide bonds. The molecule has 0 radical (unpaired) electrons. The molecule has 278 valence electrons. The van der Waals surface area contributed by atoms with Gasteiger partial charge < -0.3 is 30.1 Å². The number of aliphatic hydroxyl groups excluding tert-OH is 1. The average molecular weight is 706 g/mol. The second-order valence-electron chi connectivity index (χ2n) is 16.6. The number of rotatable bonds is 9. The third-order valence-corrected chi connectivity index (χ3v) is 13.5. The average Bonchev–Trinajstić information content (AvgIpc) is 3.09. The molecule has 1 heterocycles. The van der Waals surface area contributed by atoms with Crippen LogP contribution in [-0.2, 0) is 19.2 Å². The first-order chi connectivity index (χ1) is 23.9. The summed E-state index contributed by atoms with van der Waals surface area (Å²) in [6.45, 7) is 14.9. The third-order valence-electron chi connectivity index (χ3n) is 13.5. The molecule has 12 atom stereocenters. The molecular weight excluding hydrogens is 650 g/mol. The molecule has 0 aromatic heterocycles. The topological polar surface area (TPSA) is 155 Å². The van der Waals surface area contributed by atoms with Gasteiger partial charge in [-0.25, -0.2) is 4.89 Å². The van der Waals surface area contributed by atoms with Crippen LogP contribution in [0.1, 0.15) is 90.2 Å². The van der Waals surface area contributed by atoms with E-state index in [0.29, 0.717) is 28.7 Å². The lowest BCUT2D eigenvalue weighted by Gasteiger charge is -2.68. The molecule has 2 bridgehead atoms. The van der Waals surface area contributed by atoms with E-state index in [1.807, 2.05) is 91.8 Å². The van der Waals surface area contributed by atoms with Gasteiger partial charge in [-0.15, -0.1) is 0 Å². The predicted octanol–water partition coefficient (Wildman–Crippen LogP) is 5.28. The van der Waals surface area contributed by atoms with Crippen molar-refractivity contribution in [1.29, 1.82) is 0 Å². The van der Waals surface area contributed by atoms with E-state index in [4.69, 9.17) is 14.4 Å². The fourth-order valence-electron chi connectivity index (χ4n) is 10.6. The maximum atomic E-state index is 14.8. The Hall–Kier alpha value is -2.96. The number of amides is 1. The minimum absolute atomic E-state index is 0.0343. The van der Waals surface area contributed by atoms with Crippen molar-refractivity contribution >= 4 is 11.7 Å². The predicted molar refractivity (Wildman–Crippen MR) is 190 cm³/mol. The zero-order valence-electron chi connectivity index (χ0n) is 31.0. The van der Waals surface area contributed by atoms with Gasteiger partial charge in [0.2, 0.25) is 0 Å². The summed E-state index contributed by atoms with van der Waals surface area (Å²) in [7, 11) is 0. The van der Waals surface area contributed by atoms with Crippen molar-refractivity contribution in [2.45, 2.75) is 116 Å². The highest BCUT2D eigenvalue weighted by atomic mass is 17.1. The summed E-state index contributed by atoms with van der Waals surface area (Å²) in [6, 6.07) is 17.3. The van der Waals surface area contributed by atoms with Gasteiger partial charge in [0.25, 0.3) is 5.91 Å². The molecular formula is C41H55NO9. The fourth-order valence-corrected chi connectivity index (χ4v) is 10.6. The molecule has 2 aromatic rings. The van der Waals surface area contributed by atoms with Crippen LogP contribution in [0.5, 0.6) is 0 Å². The summed E-state index contributed by atoms with van der Waals surface area (Å²) in [6.07, 6.45) is -4.13. The number of nitrogens with one attached hydrogen (secondary N) is 1. The number of ketones is 1. The van der Waals surface area contributed by atoms with Gasteiger partial charge in [-0.3, -0.25) is 14.8 Å². The lowest BCUT2D eigenvalue weighted by Crippen LogP contribution is -2.77. The number of fused-ring (bicyclic) bond motifs is 5. The molecule has 51 heavy (non-hydrogen) atoms. The second kappa shape index (κ2) is 13.5. The molecule has 6 rings (SSSR count). The van der Waals surface area contributed by atoms with Crippen LogP contribution in [0, 0.1) is 34.5 Å². The van der Waals surface area contributed by atoms with Crippen molar-refractivity contribution in [3.05, 3.63) is 82.9 Å². The molecule has 3 fully saturated rings. The smallest absolute Gasteiger partial charge is 0.251 e. The molecule has 4 aliphatic rings. The van der Waals surface area contributed by atoms with E-state index in [-0.39, 0.29) is 31.0 Å². The number of ether oxygens (including phenoxy) is 2. The van der Waals surface area contributed by atoms with Gasteiger partial charge in [-0.05, 0) is 68.7 Å². The van der Waals surface area contributed by atoms with Gasteiger partial charge in [0.1, 0.15) is 23.9 Å². The van der Waals surface area contributed by atoms with E-state index in [1.54, 1.807) is 24.3 Å². The largest absolute Gasteiger partial charge is 0.389 e. The zero-order chi connectivity index (χ0) is 37.3. The summed E-state index contributed by atoms with van der Waals surface area (Å²) in [5, 5.41) is 51.8. The van der Waals surface area contributed by atoms with Crippen LogP contribution in [0.2, 0.25) is 0 Å².